The maximum absolute atomic E-state index is 12.8. The largest absolute Gasteiger partial charge is 0.309 e. The SMILES string of the molecule is Fc1ccc(CNCc2cccc(-c3ccn[nH]3)c2)cc1. The number of halogens is 1. The summed E-state index contributed by atoms with van der Waals surface area (Å²) in [7, 11) is 0. The Morgan fingerprint density at radius 1 is 0.952 bits per heavy atom. The first kappa shape index (κ1) is 13.5. The monoisotopic (exact) mass is 281 g/mol. The third-order valence-electron chi connectivity index (χ3n) is 3.31. The molecule has 0 spiro atoms. The normalized spacial score (nSPS) is 10.7. The highest BCUT2D eigenvalue weighted by Crippen LogP contribution is 2.17. The van der Waals surface area contributed by atoms with Crippen LogP contribution < -0.4 is 5.32 Å². The average Bonchev–Trinajstić information content (AvgIpc) is 3.04. The number of nitrogens with one attached hydrogen (secondary N) is 2. The number of rotatable bonds is 5. The predicted octanol–water partition coefficient (Wildman–Crippen LogP) is 3.51. The molecular weight excluding hydrogens is 265 g/mol. The minimum absolute atomic E-state index is 0.203. The molecule has 2 N–H and O–H groups in total. The number of nitrogens with zero attached hydrogens (tertiary/aromatic N) is 1. The van der Waals surface area contributed by atoms with Gasteiger partial charge in [0.25, 0.3) is 0 Å². The quantitative estimate of drug-likeness (QED) is 0.751. The zero-order valence-electron chi connectivity index (χ0n) is 11.5. The Morgan fingerprint density at radius 3 is 2.52 bits per heavy atom. The molecule has 0 aliphatic heterocycles. The molecule has 1 heterocycles. The van der Waals surface area contributed by atoms with Crippen molar-refractivity contribution in [2.24, 2.45) is 0 Å². The minimum Gasteiger partial charge on any atom is -0.309 e. The lowest BCUT2D eigenvalue weighted by atomic mass is 10.1. The van der Waals surface area contributed by atoms with Crippen molar-refractivity contribution in [3.8, 4) is 11.3 Å². The van der Waals surface area contributed by atoms with Crippen molar-refractivity contribution in [3.05, 3.63) is 77.7 Å². The fraction of sp³-hybridized carbons (Fsp3) is 0.118. The van der Waals surface area contributed by atoms with Crippen LogP contribution in [0.15, 0.2) is 60.8 Å². The summed E-state index contributed by atoms with van der Waals surface area (Å²) in [5.74, 6) is -0.203. The summed E-state index contributed by atoms with van der Waals surface area (Å²) in [4.78, 5) is 0. The molecule has 4 heteroatoms. The lowest BCUT2D eigenvalue weighted by Crippen LogP contribution is -2.12. The van der Waals surface area contributed by atoms with Crippen molar-refractivity contribution in [3.63, 3.8) is 0 Å². The van der Waals surface area contributed by atoms with Crippen LogP contribution in [0.3, 0.4) is 0 Å². The summed E-state index contributed by atoms with van der Waals surface area (Å²) in [5, 5.41) is 10.3. The van der Waals surface area contributed by atoms with Crippen molar-refractivity contribution in [1.82, 2.24) is 15.5 Å². The molecule has 0 saturated carbocycles. The van der Waals surface area contributed by atoms with Gasteiger partial charge in [-0.15, -0.1) is 0 Å². The molecule has 21 heavy (non-hydrogen) atoms. The smallest absolute Gasteiger partial charge is 0.123 e. The molecule has 2 aromatic carbocycles. The second-order valence-electron chi connectivity index (χ2n) is 4.90. The van der Waals surface area contributed by atoms with E-state index >= 15 is 0 Å². The maximum atomic E-state index is 12.8. The zero-order valence-corrected chi connectivity index (χ0v) is 11.5. The van der Waals surface area contributed by atoms with E-state index in [1.165, 1.54) is 17.7 Å². The van der Waals surface area contributed by atoms with Crippen molar-refractivity contribution >= 4 is 0 Å². The molecule has 0 fully saturated rings. The Kier molecular flexibility index (Phi) is 4.07. The third kappa shape index (κ3) is 3.55. The molecule has 0 aliphatic rings. The van der Waals surface area contributed by atoms with E-state index < -0.39 is 0 Å². The molecule has 3 aromatic rings. The van der Waals surface area contributed by atoms with Gasteiger partial charge in [0.05, 0.1) is 5.69 Å². The van der Waals surface area contributed by atoms with Gasteiger partial charge in [-0.1, -0.05) is 30.3 Å². The lowest BCUT2D eigenvalue weighted by molar-refractivity contribution is 0.625. The molecule has 0 saturated heterocycles. The van der Waals surface area contributed by atoms with Crippen LogP contribution in [0.4, 0.5) is 4.39 Å². The minimum atomic E-state index is -0.203. The molecule has 3 rings (SSSR count). The van der Waals surface area contributed by atoms with Crippen molar-refractivity contribution in [2.45, 2.75) is 13.1 Å². The Labute approximate surface area is 122 Å². The zero-order chi connectivity index (χ0) is 14.5. The summed E-state index contributed by atoms with van der Waals surface area (Å²) in [5.41, 5.74) is 4.40. The molecule has 0 aliphatic carbocycles. The van der Waals surface area contributed by atoms with Gasteiger partial charge in [0, 0.05) is 19.3 Å². The summed E-state index contributed by atoms with van der Waals surface area (Å²) < 4.78 is 12.8. The van der Waals surface area contributed by atoms with E-state index in [1.54, 1.807) is 18.3 Å². The Bertz CT molecular complexity index is 690. The van der Waals surface area contributed by atoms with Crippen molar-refractivity contribution < 1.29 is 4.39 Å². The van der Waals surface area contributed by atoms with Gasteiger partial charge in [-0.25, -0.2) is 4.39 Å². The van der Waals surface area contributed by atoms with Crippen LogP contribution in [0, 0.1) is 5.82 Å². The van der Waals surface area contributed by atoms with Crippen LogP contribution in [0.1, 0.15) is 11.1 Å². The summed E-state index contributed by atoms with van der Waals surface area (Å²) >= 11 is 0. The molecular formula is C17H16FN3. The van der Waals surface area contributed by atoms with Crippen LogP contribution in [-0.2, 0) is 13.1 Å². The third-order valence-corrected chi connectivity index (χ3v) is 3.31. The number of benzene rings is 2. The standard InChI is InChI=1S/C17H16FN3/c18-16-6-4-13(5-7-16)11-19-12-14-2-1-3-15(10-14)17-8-9-20-21-17/h1-10,19H,11-12H2,(H,20,21). The van der Waals surface area contributed by atoms with Crippen LogP contribution >= 0.6 is 0 Å². The predicted molar refractivity (Wildman–Crippen MR) is 81.0 cm³/mol. The molecule has 3 nitrogen and oxygen atoms in total. The van der Waals surface area contributed by atoms with E-state index in [0.29, 0.717) is 6.54 Å². The Balaban J connectivity index is 1.60. The van der Waals surface area contributed by atoms with Crippen LogP contribution in [0.2, 0.25) is 0 Å². The van der Waals surface area contributed by atoms with E-state index in [2.05, 4.69) is 33.7 Å². The first-order valence-electron chi connectivity index (χ1n) is 6.85. The van der Waals surface area contributed by atoms with Gasteiger partial charge < -0.3 is 5.32 Å². The topological polar surface area (TPSA) is 40.7 Å². The first-order valence-corrected chi connectivity index (χ1v) is 6.85. The van der Waals surface area contributed by atoms with Gasteiger partial charge in [0.15, 0.2) is 0 Å². The van der Waals surface area contributed by atoms with Crippen molar-refractivity contribution in [2.75, 3.05) is 0 Å². The Morgan fingerprint density at radius 2 is 1.76 bits per heavy atom. The molecule has 0 radical (unpaired) electrons. The van der Waals surface area contributed by atoms with Gasteiger partial charge in [-0.2, -0.15) is 5.10 Å². The highest BCUT2D eigenvalue weighted by atomic mass is 19.1. The highest BCUT2D eigenvalue weighted by Gasteiger charge is 2.00. The van der Waals surface area contributed by atoms with Gasteiger partial charge in [0.1, 0.15) is 5.82 Å². The van der Waals surface area contributed by atoms with Crippen LogP contribution in [0.25, 0.3) is 11.3 Å². The van der Waals surface area contributed by atoms with Gasteiger partial charge in [-0.05, 0) is 41.0 Å². The lowest BCUT2D eigenvalue weighted by Gasteiger charge is -2.07. The summed E-state index contributed by atoms with van der Waals surface area (Å²) in [6.45, 7) is 1.48. The number of hydrogen-bond donors (Lipinski definition) is 2. The van der Waals surface area contributed by atoms with Gasteiger partial charge in [-0.3, -0.25) is 5.10 Å². The molecule has 1 aromatic heterocycles. The highest BCUT2D eigenvalue weighted by molar-refractivity contribution is 5.59. The number of aromatic amines is 1. The summed E-state index contributed by atoms with van der Waals surface area (Å²) in [6, 6.07) is 16.8. The van der Waals surface area contributed by atoms with Crippen LogP contribution in [0.5, 0.6) is 0 Å². The van der Waals surface area contributed by atoms with E-state index in [4.69, 9.17) is 0 Å². The number of hydrogen-bond acceptors (Lipinski definition) is 2. The van der Waals surface area contributed by atoms with Gasteiger partial charge >= 0.3 is 0 Å². The summed E-state index contributed by atoms with van der Waals surface area (Å²) in [6.07, 6.45) is 1.74. The van der Waals surface area contributed by atoms with E-state index in [9.17, 15) is 4.39 Å². The molecule has 106 valence electrons. The number of aromatic nitrogens is 2. The van der Waals surface area contributed by atoms with Gasteiger partial charge in [0.2, 0.25) is 0 Å². The molecule has 0 unspecified atom stereocenters. The average molecular weight is 281 g/mol. The fourth-order valence-electron chi connectivity index (χ4n) is 2.22. The maximum Gasteiger partial charge on any atom is 0.123 e. The second-order valence-corrected chi connectivity index (χ2v) is 4.90. The van der Waals surface area contributed by atoms with E-state index in [-0.39, 0.29) is 5.82 Å². The number of H-pyrrole nitrogens is 1. The van der Waals surface area contributed by atoms with Crippen LogP contribution in [-0.4, -0.2) is 10.2 Å². The molecule has 0 bridgehead atoms. The molecule has 0 amide bonds. The van der Waals surface area contributed by atoms with E-state index in [0.717, 1.165) is 23.4 Å². The first-order chi connectivity index (χ1) is 10.3. The van der Waals surface area contributed by atoms with Crippen molar-refractivity contribution in [1.29, 1.82) is 0 Å². The van der Waals surface area contributed by atoms with E-state index in [1.807, 2.05) is 12.1 Å². The Hall–Kier alpha value is -2.46. The molecule has 0 atom stereocenters. The second kappa shape index (κ2) is 6.33. The fourth-order valence-corrected chi connectivity index (χ4v) is 2.22.